The van der Waals surface area contributed by atoms with Crippen LogP contribution >= 0.6 is 34.6 Å². The number of aromatic nitrogens is 2. The molecule has 0 radical (unpaired) electrons. The number of thiazole rings is 1. The summed E-state index contributed by atoms with van der Waals surface area (Å²) in [5, 5.41) is 6.33. The molecule has 2 heterocycles. The van der Waals surface area contributed by atoms with Gasteiger partial charge >= 0.3 is 5.51 Å². The van der Waals surface area contributed by atoms with Gasteiger partial charge in [0.05, 0.1) is 16.3 Å². The molecule has 2 aromatic heterocycles. The van der Waals surface area contributed by atoms with E-state index in [2.05, 4.69) is 14.7 Å². The first kappa shape index (κ1) is 15.4. The minimum absolute atomic E-state index is 0.0577. The van der Waals surface area contributed by atoms with Gasteiger partial charge in [-0.15, -0.1) is 11.3 Å². The van der Waals surface area contributed by atoms with E-state index in [4.69, 9.17) is 5.73 Å². The Morgan fingerprint density at radius 1 is 1.45 bits per heavy atom. The minimum Gasteiger partial charge on any atom is -0.382 e. The van der Waals surface area contributed by atoms with Crippen LogP contribution in [0.2, 0.25) is 0 Å². The van der Waals surface area contributed by atoms with Gasteiger partial charge in [0.25, 0.3) is 0 Å². The van der Waals surface area contributed by atoms with Crippen LogP contribution in [0, 0.1) is 6.92 Å². The van der Waals surface area contributed by atoms with Gasteiger partial charge in [-0.05, 0) is 30.2 Å². The minimum atomic E-state index is -4.21. The average Bonchev–Trinajstić information content (AvgIpc) is 2.90. The first-order valence-corrected chi connectivity index (χ1v) is 8.13. The van der Waals surface area contributed by atoms with E-state index in [-0.39, 0.29) is 24.1 Å². The lowest BCUT2D eigenvalue weighted by Crippen LogP contribution is -2.09. The molecule has 0 spiro atoms. The number of nitrogens with one attached hydrogen (secondary N) is 1. The number of nitrogens with zero attached hydrogens (tertiary/aromatic N) is 2. The lowest BCUT2D eigenvalue weighted by molar-refractivity contribution is -0.0327. The van der Waals surface area contributed by atoms with Crippen LogP contribution in [0.5, 0.6) is 0 Å². The van der Waals surface area contributed by atoms with Crippen molar-refractivity contribution in [3.05, 3.63) is 10.4 Å². The Hall–Kier alpha value is -1.00. The molecule has 0 saturated carbocycles. The highest BCUT2D eigenvalue weighted by atomic mass is 32.2. The maximum absolute atomic E-state index is 12.0. The predicted octanol–water partition coefficient (Wildman–Crippen LogP) is 3.82. The van der Waals surface area contributed by atoms with Gasteiger partial charge in [0, 0.05) is 17.7 Å². The molecule has 0 atom stereocenters. The molecule has 0 bridgehead atoms. The summed E-state index contributed by atoms with van der Waals surface area (Å²) in [7, 11) is 0. The highest BCUT2D eigenvalue weighted by molar-refractivity contribution is 8.00. The molecule has 10 heteroatoms. The zero-order valence-electron chi connectivity index (χ0n) is 10.3. The van der Waals surface area contributed by atoms with Crippen molar-refractivity contribution in [3.8, 4) is 11.3 Å². The van der Waals surface area contributed by atoms with Gasteiger partial charge < -0.3 is 11.1 Å². The number of hydrogen-bond acceptors (Lipinski definition) is 7. The van der Waals surface area contributed by atoms with Crippen LogP contribution in [0.1, 0.15) is 5.01 Å². The molecule has 0 aliphatic carbocycles. The topological polar surface area (TPSA) is 63.8 Å². The van der Waals surface area contributed by atoms with Gasteiger partial charge in [-0.25, -0.2) is 4.98 Å². The Bertz CT molecular complexity index is 579. The Balaban J connectivity index is 2.03. The van der Waals surface area contributed by atoms with Crippen molar-refractivity contribution >= 4 is 45.5 Å². The second-order valence-electron chi connectivity index (χ2n) is 3.74. The summed E-state index contributed by atoms with van der Waals surface area (Å²) in [4.78, 5) is 4.32. The Labute approximate surface area is 125 Å². The molecular weight excluding hydrogens is 329 g/mol. The SMILES string of the molecule is Cc1nc(-c2c(N)nsc2NCCSC(F)(F)F)cs1. The fraction of sp³-hybridized carbons (Fsp3) is 0.400. The molecule has 0 aromatic carbocycles. The summed E-state index contributed by atoms with van der Waals surface area (Å²) in [6, 6.07) is 0. The summed E-state index contributed by atoms with van der Waals surface area (Å²) >= 11 is 2.55. The third kappa shape index (κ3) is 4.00. The number of rotatable bonds is 5. The molecule has 4 nitrogen and oxygen atoms in total. The average molecular weight is 340 g/mol. The van der Waals surface area contributed by atoms with Crippen LogP contribution in [0.25, 0.3) is 11.3 Å². The van der Waals surface area contributed by atoms with Gasteiger partial charge in [-0.3, -0.25) is 0 Å². The van der Waals surface area contributed by atoms with Crippen molar-refractivity contribution < 1.29 is 13.2 Å². The summed E-state index contributed by atoms with van der Waals surface area (Å²) < 4.78 is 40.1. The normalized spacial score (nSPS) is 11.8. The molecule has 0 unspecified atom stereocenters. The molecule has 0 fully saturated rings. The maximum atomic E-state index is 12.0. The van der Waals surface area contributed by atoms with Gasteiger partial charge in [0.2, 0.25) is 0 Å². The quantitative estimate of drug-likeness (QED) is 0.810. The van der Waals surface area contributed by atoms with Gasteiger partial charge in [0.15, 0.2) is 0 Å². The number of alkyl halides is 3. The summed E-state index contributed by atoms with van der Waals surface area (Å²) in [6.07, 6.45) is 0. The number of aryl methyl sites for hydroxylation is 1. The van der Waals surface area contributed by atoms with Crippen molar-refractivity contribution in [2.75, 3.05) is 23.3 Å². The van der Waals surface area contributed by atoms with Crippen molar-refractivity contribution in [1.82, 2.24) is 9.36 Å². The standard InChI is InChI=1S/C10H11F3N4S3/c1-5-16-6(4-18-5)7-8(14)17-20-9(7)15-2-3-19-10(11,12)13/h4,15H,2-3H2,1H3,(H2,14,17). The predicted molar refractivity (Wildman–Crippen MR) is 79.4 cm³/mol. The van der Waals surface area contributed by atoms with E-state index in [0.29, 0.717) is 22.1 Å². The number of thioether (sulfide) groups is 1. The molecule has 0 amide bonds. The molecule has 2 rings (SSSR count). The molecule has 20 heavy (non-hydrogen) atoms. The summed E-state index contributed by atoms with van der Waals surface area (Å²) in [6.45, 7) is 2.05. The third-order valence-corrected chi connectivity index (χ3v) is 4.58. The van der Waals surface area contributed by atoms with Crippen LogP contribution in [0.4, 0.5) is 24.0 Å². The zero-order chi connectivity index (χ0) is 14.8. The first-order chi connectivity index (χ1) is 9.37. The summed E-state index contributed by atoms with van der Waals surface area (Å²) in [5.74, 6) is 0.267. The maximum Gasteiger partial charge on any atom is 0.441 e. The summed E-state index contributed by atoms with van der Waals surface area (Å²) in [5.41, 5.74) is 2.95. The van der Waals surface area contributed by atoms with Gasteiger partial charge in [0.1, 0.15) is 10.8 Å². The molecule has 2 aromatic rings. The van der Waals surface area contributed by atoms with Gasteiger partial charge in [-0.2, -0.15) is 17.5 Å². The van der Waals surface area contributed by atoms with Crippen LogP contribution in [0.3, 0.4) is 0 Å². The van der Waals surface area contributed by atoms with E-state index in [0.717, 1.165) is 16.5 Å². The van der Waals surface area contributed by atoms with Crippen LogP contribution < -0.4 is 11.1 Å². The molecular formula is C10H11F3N4S3. The van der Waals surface area contributed by atoms with E-state index in [1.54, 1.807) is 0 Å². The van der Waals surface area contributed by atoms with E-state index in [1.807, 2.05) is 12.3 Å². The highest BCUT2D eigenvalue weighted by Gasteiger charge is 2.27. The Morgan fingerprint density at radius 2 is 2.20 bits per heavy atom. The Kier molecular flexibility index (Phi) is 4.76. The number of halogens is 3. The highest BCUT2D eigenvalue weighted by Crippen LogP contribution is 2.37. The van der Waals surface area contributed by atoms with E-state index >= 15 is 0 Å². The second kappa shape index (κ2) is 6.19. The van der Waals surface area contributed by atoms with E-state index < -0.39 is 5.51 Å². The van der Waals surface area contributed by atoms with Crippen molar-refractivity contribution in [3.63, 3.8) is 0 Å². The van der Waals surface area contributed by atoms with E-state index in [9.17, 15) is 13.2 Å². The number of hydrogen-bond donors (Lipinski definition) is 2. The lowest BCUT2D eigenvalue weighted by atomic mass is 10.2. The smallest absolute Gasteiger partial charge is 0.382 e. The molecule has 110 valence electrons. The van der Waals surface area contributed by atoms with Crippen LogP contribution in [0.15, 0.2) is 5.38 Å². The van der Waals surface area contributed by atoms with E-state index in [1.165, 1.54) is 11.3 Å². The molecule has 0 saturated heterocycles. The molecule has 3 N–H and O–H groups in total. The Morgan fingerprint density at radius 3 is 2.80 bits per heavy atom. The first-order valence-electron chi connectivity index (χ1n) is 5.49. The van der Waals surface area contributed by atoms with Crippen molar-refractivity contribution in [2.45, 2.75) is 12.4 Å². The van der Waals surface area contributed by atoms with Crippen LogP contribution in [-0.2, 0) is 0 Å². The fourth-order valence-electron chi connectivity index (χ4n) is 1.48. The number of nitrogens with two attached hydrogens (primary N) is 1. The molecule has 0 aliphatic heterocycles. The lowest BCUT2D eigenvalue weighted by Gasteiger charge is -2.07. The monoisotopic (exact) mass is 340 g/mol. The number of anilines is 2. The second-order valence-corrected chi connectivity index (χ2v) is 6.74. The van der Waals surface area contributed by atoms with Gasteiger partial charge in [-0.1, -0.05) is 0 Å². The third-order valence-electron chi connectivity index (χ3n) is 2.25. The van der Waals surface area contributed by atoms with Crippen molar-refractivity contribution in [1.29, 1.82) is 0 Å². The number of nitrogen functional groups attached to an aromatic ring is 1. The molecule has 0 aliphatic rings. The fourth-order valence-corrected chi connectivity index (χ4v) is 3.27. The largest absolute Gasteiger partial charge is 0.441 e. The van der Waals surface area contributed by atoms with Crippen LogP contribution in [-0.4, -0.2) is 27.2 Å². The zero-order valence-corrected chi connectivity index (χ0v) is 12.8. The van der Waals surface area contributed by atoms with Crippen molar-refractivity contribution in [2.24, 2.45) is 0 Å².